The van der Waals surface area contributed by atoms with Gasteiger partial charge in [0.1, 0.15) is 7.85 Å². The molecule has 0 fully saturated rings. The van der Waals surface area contributed by atoms with Gasteiger partial charge in [-0.2, -0.15) is 8.78 Å². The van der Waals surface area contributed by atoms with Gasteiger partial charge in [0.15, 0.2) is 0 Å². The molecule has 9 heteroatoms. The molecular formula is C19H20BBrF2NO3P. The summed E-state index contributed by atoms with van der Waals surface area (Å²) < 4.78 is 42.5. The van der Waals surface area contributed by atoms with Gasteiger partial charge in [0.25, 0.3) is 0 Å². The fourth-order valence-electron chi connectivity index (χ4n) is 3.72. The van der Waals surface area contributed by atoms with Gasteiger partial charge in [0.2, 0.25) is 0 Å². The average molecular weight is 470 g/mol. The van der Waals surface area contributed by atoms with Crippen molar-refractivity contribution in [2.45, 2.75) is 32.5 Å². The summed E-state index contributed by atoms with van der Waals surface area (Å²) in [6, 6.07) is 10.2. The second-order valence-electron chi connectivity index (χ2n) is 6.88. The van der Waals surface area contributed by atoms with Crippen molar-refractivity contribution in [1.29, 1.82) is 0 Å². The first-order chi connectivity index (χ1) is 13.0. The maximum atomic E-state index is 14.1. The number of benzene rings is 2. The summed E-state index contributed by atoms with van der Waals surface area (Å²) in [5.74, 6) is 0. The Morgan fingerprint density at radius 1 is 1.25 bits per heavy atom. The summed E-state index contributed by atoms with van der Waals surface area (Å²) in [6.45, 7) is 4.61. The third-order valence-electron chi connectivity index (χ3n) is 5.08. The van der Waals surface area contributed by atoms with E-state index >= 15 is 0 Å². The van der Waals surface area contributed by atoms with E-state index in [0.717, 1.165) is 39.1 Å². The Kier molecular flexibility index (Phi) is 5.63. The summed E-state index contributed by atoms with van der Waals surface area (Å²) in [5.41, 5.74) is -0.538. The molecule has 1 heterocycles. The van der Waals surface area contributed by atoms with Gasteiger partial charge in [-0.25, -0.2) is 0 Å². The monoisotopic (exact) mass is 469 g/mol. The van der Waals surface area contributed by atoms with E-state index in [1.54, 1.807) is 6.07 Å². The number of hydrogen-bond acceptors (Lipinski definition) is 1. The molecule has 0 bridgehead atoms. The molecule has 0 saturated carbocycles. The summed E-state index contributed by atoms with van der Waals surface area (Å²) in [5, 5.41) is 1.13. The van der Waals surface area contributed by atoms with Crippen molar-refractivity contribution in [3.05, 3.63) is 63.3 Å². The van der Waals surface area contributed by atoms with Crippen LogP contribution in [0.5, 0.6) is 0 Å². The minimum Gasteiger partial charge on any atom is -0.339 e. The van der Waals surface area contributed by atoms with Crippen molar-refractivity contribution in [3.8, 4) is 0 Å². The number of aryl methyl sites for hydroxylation is 1. The Morgan fingerprint density at radius 3 is 2.50 bits per heavy atom. The summed E-state index contributed by atoms with van der Waals surface area (Å²) in [7, 11) is -4.15. The lowest BCUT2D eigenvalue weighted by Crippen LogP contribution is -2.24. The zero-order valence-corrected chi connectivity index (χ0v) is 18.2. The van der Waals surface area contributed by atoms with Crippen LogP contribution in [0.1, 0.15) is 29.3 Å². The zero-order valence-electron chi connectivity index (χ0n) is 15.7. The Labute approximate surface area is 171 Å². The van der Waals surface area contributed by atoms with E-state index < -0.39 is 18.8 Å². The van der Waals surface area contributed by atoms with Crippen LogP contribution in [-0.4, -0.2) is 22.2 Å². The Balaban J connectivity index is 2.09. The fourth-order valence-corrected chi connectivity index (χ4v) is 4.86. The highest BCUT2D eigenvalue weighted by Gasteiger charge is 2.50. The maximum absolute atomic E-state index is 14.1. The molecule has 3 aromatic rings. The van der Waals surface area contributed by atoms with Gasteiger partial charge in [0.05, 0.1) is 5.52 Å². The summed E-state index contributed by atoms with van der Waals surface area (Å²) >= 11 is 3.61. The first-order valence-corrected chi connectivity index (χ1v) is 11.2. The van der Waals surface area contributed by atoms with Crippen LogP contribution in [0.3, 0.4) is 0 Å². The number of nitrogens with zero attached hydrogens (tertiary/aromatic N) is 1. The predicted octanol–water partition coefficient (Wildman–Crippen LogP) is 3.81. The molecule has 0 saturated heterocycles. The van der Waals surface area contributed by atoms with Crippen LogP contribution in [-0.2, 0) is 23.2 Å². The molecule has 0 radical (unpaired) electrons. The number of alkyl halides is 2. The first kappa shape index (κ1) is 21.2. The number of fused-ring (bicyclic) bond motifs is 1. The summed E-state index contributed by atoms with van der Waals surface area (Å²) in [4.78, 5) is 18.0. The van der Waals surface area contributed by atoms with Gasteiger partial charge in [-0.15, -0.1) is 0 Å². The summed E-state index contributed by atoms with van der Waals surface area (Å²) in [6.07, 6.45) is 0.820. The highest BCUT2D eigenvalue weighted by Crippen LogP contribution is 2.58. The van der Waals surface area contributed by atoms with Crippen LogP contribution in [0.2, 0.25) is 0 Å². The SMILES string of the molecule is Bc1cc(Cn2c(CC)c(C)c3cccc(Br)c32)ccc1C(F)(F)P(=O)(O)O. The largest absolute Gasteiger partial charge is 0.399 e. The minimum absolute atomic E-state index is 0.149. The first-order valence-electron chi connectivity index (χ1n) is 8.78. The fraction of sp³-hybridized carbons (Fsp3) is 0.263. The molecule has 2 aromatic carbocycles. The molecule has 4 nitrogen and oxygen atoms in total. The Morgan fingerprint density at radius 2 is 1.93 bits per heavy atom. The maximum Gasteiger partial charge on any atom is 0.399 e. The van der Waals surface area contributed by atoms with Crippen LogP contribution in [0.4, 0.5) is 8.78 Å². The van der Waals surface area contributed by atoms with Gasteiger partial charge in [0, 0.05) is 27.7 Å². The van der Waals surface area contributed by atoms with Crippen molar-refractivity contribution in [2.75, 3.05) is 0 Å². The second-order valence-corrected chi connectivity index (χ2v) is 9.39. The lowest BCUT2D eigenvalue weighted by Gasteiger charge is -2.21. The predicted molar refractivity (Wildman–Crippen MR) is 113 cm³/mol. The van der Waals surface area contributed by atoms with Gasteiger partial charge < -0.3 is 14.4 Å². The van der Waals surface area contributed by atoms with E-state index in [-0.39, 0.29) is 5.46 Å². The van der Waals surface area contributed by atoms with Crippen LogP contribution in [0.25, 0.3) is 10.9 Å². The molecule has 2 N–H and O–H groups in total. The molecule has 1 aromatic heterocycles. The van der Waals surface area contributed by atoms with E-state index in [1.165, 1.54) is 19.5 Å². The van der Waals surface area contributed by atoms with Crippen molar-refractivity contribution in [3.63, 3.8) is 0 Å². The van der Waals surface area contributed by atoms with Gasteiger partial charge in [-0.05, 0) is 46.5 Å². The molecule has 0 amide bonds. The van der Waals surface area contributed by atoms with Crippen LogP contribution in [0, 0.1) is 6.92 Å². The van der Waals surface area contributed by atoms with E-state index in [9.17, 15) is 13.3 Å². The minimum atomic E-state index is -5.59. The standard InChI is InChI=1S/C19H20BBrF2NO3P/c1-3-17-11(2)13-5-4-6-16(21)18(13)24(17)10-12-7-8-14(15(20)9-12)19(22,23)28(25,26)27/h4-9H,3,10,20H2,1-2H3,(H2,25,26,27). The normalized spacial score (nSPS) is 12.7. The molecule has 0 atom stereocenters. The number of aromatic nitrogens is 1. The van der Waals surface area contributed by atoms with Gasteiger partial charge in [-0.3, -0.25) is 4.57 Å². The molecule has 0 aliphatic carbocycles. The quantitative estimate of drug-likeness (QED) is 0.441. The van der Waals surface area contributed by atoms with Crippen molar-refractivity contribution >= 4 is 47.7 Å². The molecule has 0 spiro atoms. The third-order valence-corrected chi connectivity index (χ3v) is 6.69. The van der Waals surface area contributed by atoms with E-state index in [4.69, 9.17) is 9.79 Å². The number of halogens is 3. The van der Waals surface area contributed by atoms with Crippen molar-refractivity contribution < 1.29 is 23.1 Å². The Hall–Kier alpha value is -1.47. The molecule has 0 aliphatic rings. The molecule has 148 valence electrons. The average Bonchev–Trinajstić information content (AvgIpc) is 2.86. The number of hydrogen-bond donors (Lipinski definition) is 2. The molecule has 28 heavy (non-hydrogen) atoms. The van der Waals surface area contributed by atoms with E-state index in [2.05, 4.69) is 40.4 Å². The highest BCUT2D eigenvalue weighted by molar-refractivity contribution is 9.10. The lowest BCUT2D eigenvalue weighted by atomic mass is 9.89. The van der Waals surface area contributed by atoms with Crippen molar-refractivity contribution in [2.24, 2.45) is 0 Å². The number of rotatable bonds is 5. The van der Waals surface area contributed by atoms with Crippen molar-refractivity contribution in [1.82, 2.24) is 4.57 Å². The smallest absolute Gasteiger partial charge is 0.339 e. The highest BCUT2D eigenvalue weighted by atomic mass is 79.9. The van der Waals surface area contributed by atoms with Gasteiger partial charge in [-0.1, -0.05) is 42.7 Å². The third kappa shape index (κ3) is 3.48. The Bertz CT molecular complexity index is 1110. The molecule has 0 aliphatic heterocycles. The van der Waals surface area contributed by atoms with Crippen LogP contribution >= 0.6 is 23.5 Å². The molecule has 3 rings (SSSR count). The number of para-hydroxylation sites is 1. The van der Waals surface area contributed by atoms with E-state index in [0.29, 0.717) is 6.54 Å². The molecular weight excluding hydrogens is 450 g/mol. The van der Waals surface area contributed by atoms with E-state index in [1.807, 2.05) is 12.1 Å². The van der Waals surface area contributed by atoms with Crippen LogP contribution < -0.4 is 5.46 Å². The molecule has 0 unspecified atom stereocenters. The second kappa shape index (κ2) is 7.41. The zero-order chi connectivity index (χ0) is 20.9. The van der Waals surface area contributed by atoms with Gasteiger partial charge >= 0.3 is 13.3 Å². The topological polar surface area (TPSA) is 62.5 Å². The van der Waals surface area contributed by atoms with Crippen LogP contribution in [0.15, 0.2) is 40.9 Å². The lowest BCUT2D eigenvalue weighted by molar-refractivity contribution is 0.0574.